The van der Waals surface area contributed by atoms with Crippen LogP contribution in [0.4, 0.5) is 0 Å². The third-order valence-electron chi connectivity index (χ3n) is 3.33. The molecular weight excluding hydrogens is 300 g/mol. The van der Waals surface area contributed by atoms with Crippen LogP contribution in [0.3, 0.4) is 0 Å². The van der Waals surface area contributed by atoms with Crippen LogP contribution in [0.5, 0.6) is 0 Å². The molecule has 0 atom stereocenters. The van der Waals surface area contributed by atoms with Crippen LogP contribution in [-0.4, -0.2) is 10.9 Å². The fourth-order valence-corrected chi connectivity index (χ4v) is 4.56. The molecule has 0 aliphatic rings. The number of aromatic nitrogens is 1. The van der Waals surface area contributed by atoms with Crippen molar-refractivity contribution in [2.75, 3.05) is 0 Å². The van der Waals surface area contributed by atoms with Crippen LogP contribution >= 0.6 is 22.7 Å². The molecule has 0 fully saturated rings. The Balaban J connectivity index is 2.08. The first-order valence-corrected chi connectivity index (χ1v) is 8.04. The summed E-state index contributed by atoms with van der Waals surface area (Å²) < 4.78 is 2.17. The van der Waals surface area contributed by atoms with E-state index in [1.807, 2.05) is 48.5 Å². The first-order valence-electron chi connectivity index (χ1n) is 6.41. The molecule has 0 bridgehead atoms. The standard InChI is InChI=1S/C16H10N2OS2/c17-15(19)14-13(9-5-1-3-7-11(9)20-14)16-18-10-6-2-4-8-12(10)21-16/h1-8H,(H2,17,19). The molecule has 0 saturated heterocycles. The molecule has 2 heterocycles. The van der Waals surface area contributed by atoms with Crippen molar-refractivity contribution in [1.29, 1.82) is 0 Å². The van der Waals surface area contributed by atoms with E-state index >= 15 is 0 Å². The lowest BCUT2D eigenvalue weighted by molar-refractivity contribution is 0.100. The third-order valence-corrected chi connectivity index (χ3v) is 5.57. The summed E-state index contributed by atoms with van der Waals surface area (Å²) in [5, 5.41) is 1.89. The minimum atomic E-state index is -0.398. The van der Waals surface area contributed by atoms with Crippen LogP contribution in [0.1, 0.15) is 9.67 Å². The van der Waals surface area contributed by atoms with E-state index in [1.54, 1.807) is 11.3 Å². The van der Waals surface area contributed by atoms with Crippen LogP contribution < -0.4 is 5.73 Å². The number of hydrogen-bond donors (Lipinski definition) is 1. The molecular formula is C16H10N2OS2. The zero-order valence-electron chi connectivity index (χ0n) is 10.9. The summed E-state index contributed by atoms with van der Waals surface area (Å²) in [7, 11) is 0. The van der Waals surface area contributed by atoms with Gasteiger partial charge in [0.15, 0.2) is 0 Å². The number of nitrogens with zero attached hydrogens (tertiary/aromatic N) is 1. The van der Waals surface area contributed by atoms with Crippen molar-refractivity contribution in [3.8, 4) is 10.6 Å². The monoisotopic (exact) mass is 310 g/mol. The summed E-state index contributed by atoms with van der Waals surface area (Å²) >= 11 is 3.02. The van der Waals surface area contributed by atoms with Crippen molar-refractivity contribution in [2.45, 2.75) is 0 Å². The molecule has 102 valence electrons. The summed E-state index contributed by atoms with van der Waals surface area (Å²) in [4.78, 5) is 17.0. The van der Waals surface area contributed by atoms with E-state index in [9.17, 15) is 4.79 Å². The maximum Gasteiger partial charge on any atom is 0.259 e. The van der Waals surface area contributed by atoms with Gasteiger partial charge in [-0.1, -0.05) is 30.3 Å². The predicted octanol–water partition coefficient (Wildman–Crippen LogP) is 4.28. The number of carbonyl (C=O) groups excluding carboxylic acids is 1. The van der Waals surface area contributed by atoms with Gasteiger partial charge in [-0.3, -0.25) is 4.79 Å². The van der Waals surface area contributed by atoms with Gasteiger partial charge in [0.1, 0.15) is 9.88 Å². The predicted molar refractivity (Wildman–Crippen MR) is 89.0 cm³/mol. The first kappa shape index (κ1) is 12.5. The van der Waals surface area contributed by atoms with E-state index in [0.29, 0.717) is 4.88 Å². The van der Waals surface area contributed by atoms with E-state index in [0.717, 1.165) is 30.9 Å². The molecule has 1 amide bonds. The van der Waals surface area contributed by atoms with Gasteiger partial charge >= 0.3 is 0 Å². The molecule has 5 heteroatoms. The maximum atomic E-state index is 11.8. The molecule has 0 saturated carbocycles. The fourth-order valence-electron chi connectivity index (χ4n) is 2.41. The molecule has 0 unspecified atom stereocenters. The normalized spacial score (nSPS) is 11.2. The number of primary amides is 1. The van der Waals surface area contributed by atoms with E-state index in [-0.39, 0.29) is 0 Å². The Labute approximate surface area is 128 Å². The van der Waals surface area contributed by atoms with Crippen LogP contribution in [-0.2, 0) is 0 Å². The van der Waals surface area contributed by atoms with Crippen LogP contribution in [0, 0.1) is 0 Å². The zero-order chi connectivity index (χ0) is 14.4. The molecule has 0 radical (unpaired) electrons. The molecule has 0 aliphatic heterocycles. The Morgan fingerprint density at radius 3 is 2.43 bits per heavy atom. The van der Waals surface area contributed by atoms with Gasteiger partial charge in [0, 0.05) is 15.6 Å². The Kier molecular flexibility index (Phi) is 2.77. The van der Waals surface area contributed by atoms with E-state index in [1.165, 1.54) is 11.3 Å². The Bertz CT molecular complexity index is 951. The van der Waals surface area contributed by atoms with Crippen LogP contribution in [0.2, 0.25) is 0 Å². The highest BCUT2D eigenvalue weighted by Gasteiger charge is 2.20. The molecule has 0 aliphatic carbocycles. The average molecular weight is 310 g/mol. The topological polar surface area (TPSA) is 56.0 Å². The molecule has 2 aromatic heterocycles. The molecule has 21 heavy (non-hydrogen) atoms. The van der Waals surface area contributed by atoms with Crippen molar-refractivity contribution in [3.63, 3.8) is 0 Å². The minimum Gasteiger partial charge on any atom is -0.365 e. The second-order valence-electron chi connectivity index (χ2n) is 4.65. The van der Waals surface area contributed by atoms with Gasteiger partial charge in [-0.2, -0.15) is 0 Å². The van der Waals surface area contributed by atoms with Crippen LogP contribution in [0.25, 0.3) is 30.9 Å². The van der Waals surface area contributed by atoms with Gasteiger partial charge in [-0.25, -0.2) is 4.98 Å². The van der Waals surface area contributed by atoms with Gasteiger partial charge < -0.3 is 5.73 Å². The average Bonchev–Trinajstić information content (AvgIpc) is 3.07. The summed E-state index contributed by atoms with van der Waals surface area (Å²) in [6.07, 6.45) is 0. The number of carbonyl (C=O) groups is 1. The fraction of sp³-hybridized carbons (Fsp3) is 0. The van der Waals surface area contributed by atoms with E-state index < -0.39 is 5.91 Å². The van der Waals surface area contributed by atoms with Gasteiger partial charge in [0.2, 0.25) is 0 Å². The number of thiazole rings is 1. The zero-order valence-corrected chi connectivity index (χ0v) is 12.5. The number of rotatable bonds is 2. The number of thiophene rings is 1. The van der Waals surface area contributed by atoms with Gasteiger partial charge in [-0.05, 0) is 18.2 Å². The van der Waals surface area contributed by atoms with Crippen molar-refractivity contribution >= 4 is 48.9 Å². The highest BCUT2D eigenvalue weighted by atomic mass is 32.1. The van der Waals surface area contributed by atoms with Crippen molar-refractivity contribution in [1.82, 2.24) is 4.98 Å². The largest absolute Gasteiger partial charge is 0.365 e. The SMILES string of the molecule is NC(=O)c1sc2ccccc2c1-c1nc2ccccc2s1. The maximum absolute atomic E-state index is 11.8. The van der Waals surface area contributed by atoms with E-state index in [4.69, 9.17) is 5.73 Å². The third kappa shape index (κ3) is 1.93. The van der Waals surface area contributed by atoms with E-state index in [2.05, 4.69) is 4.98 Å². The van der Waals surface area contributed by atoms with Crippen molar-refractivity contribution in [3.05, 3.63) is 53.4 Å². The lowest BCUT2D eigenvalue weighted by Crippen LogP contribution is -2.09. The second kappa shape index (κ2) is 4.65. The highest BCUT2D eigenvalue weighted by Crippen LogP contribution is 2.41. The lowest BCUT2D eigenvalue weighted by Gasteiger charge is -1.97. The number of hydrogen-bond acceptors (Lipinski definition) is 4. The van der Waals surface area contributed by atoms with Gasteiger partial charge in [0.25, 0.3) is 5.91 Å². The second-order valence-corrected chi connectivity index (χ2v) is 6.74. The molecule has 0 spiro atoms. The number of para-hydroxylation sites is 1. The van der Waals surface area contributed by atoms with Crippen molar-refractivity contribution < 1.29 is 4.79 Å². The summed E-state index contributed by atoms with van der Waals surface area (Å²) in [5.41, 5.74) is 7.37. The molecule has 4 rings (SSSR count). The van der Waals surface area contributed by atoms with Gasteiger partial charge in [-0.15, -0.1) is 22.7 Å². The summed E-state index contributed by atoms with van der Waals surface area (Å²) in [6.45, 7) is 0. The first-order chi connectivity index (χ1) is 10.2. The van der Waals surface area contributed by atoms with Gasteiger partial charge in [0.05, 0.1) is 10.2 Å². The highest BCUT2D eigenvalue weighted by molar-refractivity contribution is 7.24. The molecule has 4 aromatic rings. The number of fused-ring (bicyclic) bond motifs is 2. The summed E-state index contributed by atoms with van der Waals surface area (Å²) in [6, 6.07) is 15.9. The Morgan fingerprint density at radius 1 is 0.952 bits per heavy atom. The minimum absolute atomic E-state index is 0.398. The number of nitrogens with two attached hydrogens (primary N) is 1. The Hall–Kier alpha value is -2.24. The molecule has 3 nitrogen and oxygen atoms in total. The number of benzene rings is 2. The van der Waals surface area contributed by atoms with Crippen molar-refractivity contribution in [2.24, 2.45) is 5.73 Å². The molecule has 2 aromatic carbocycles. The lowest BCUT2D eigenvalue weighted by atomic mass is 10.1. The quantitative estimate of drug-likeness (QED) is 0.601. The molecule has 2 N–H and O–H groups in total. The summed E-state index contributed by atoms with van der Waals surface area (Å²) in [5.74, 6) is -0.398. The number of amides is 1. The van der Waals surface area contributed by atoms with Crippen LogP contribution in [0.15, 0.2) is 48.5 Å². The smallest absolute Gasteiger partial charge is 0.259 e. The Morgan fingerprint density at radius 2 is 1.67 bits per heavy atom.